The first-order chi connectivity index (χ1) is 11.1. The zero-order valence-electron chi connectivity index (χ0n) is 12.4. The summed E-state index contributed by atoms with van der Waals surface area (Å²) in [6.45, 7) is 2.27. The number of nitrogens with zero attached hydrogens (tertiary/aromatic N) is 2. The number of aromatic nitrogens is 2. The van der Waals surface area contributed by atoms with E-state index >= 15 is 0 Å². The van der Waals surface area contributed by atoms with Gasteiger partial charge >= 0.3 is 0 Å². The van der Waals surface area contributed by atoms with E-state index in [2.05, 4.69) is 10.4 Å². The third-order valence-corrected chi connectivity index (χ3v) is 4.18. The number of benzene rings is 1. The van der Waals surface area contributed by atoms with Gasteiger partial charge in [0.2, 0.25) is 0 Å². The molecular formula is C16H17ClFN3O2. The summed E-state index contributed by atoms with van der Waals surface area (Å²) in [5, 5.41) is 7.44. The lowest BCUT2D eigenvalue weighted by Crippen LogP contribution is -2.33. The minimum Gasteiger partial charge on any atom is -0.372 e. The fourth-order valence-electron chi connectivity index (χ4n) is 2.75. The monoisotopic (exact) mass is 337 g/mol. The summed E-state index contributed by atoms with van der Waals surface area (Å²) in [4.78, 5) is 11.9. The molecular weight excluding hydrogens is 321 g/mol. The summed E-state index contributed by atoms with van der Waals surface area (Å²) >= 11 is 5.76. The van der Waals surface area contributed by atoms with Gasteiger partial charge in [-0.2, -0.15) is 5.10 Å². The molecule has 23 heavy (non-hydrogen) atoms. The summed E-state index contributed by atoms with van der Waals surface area (Å²) < 4.78 is 21.1. The Hall–Kier alpha value is -1.76. The van der Waals surface area contributed by atoms with E-state index in [0.717, 1.165) is 0 Å². The number of hydrogen-bond acceptors (Lipinski definition) is 4. The standard InChI is InChI=1S/C16H17ClFN3O2/c17-13-4-3-11(8-14(13)18)16-12(9-19-6-7-23-16)10-21-15(22)2-1-5-20-21/h1-5,8,12,16,19H,6-7,9-10H2/t12-,16-/m0/s1. The van der Waals surface area contributed by atoms with E-state index in [1.807, 2.05) is 0 Å². The summed E-state index contributed by atoms with van der Waals surface area (Å²) in [6.07, 6.45) is 1.24. The third-order valence-electron chi connectivity index (χ3n) is 3.88. The van der Waals surface area contributed by atoms with Gasteiger partial charge in [-0.05, 0) is 23.8 Å². The van der Waals surface area contributed by atoms with Gasteiger partial charge in [0.05, 0.1) is 24.3 Å². The Morgan fingerprint density at radius 1 is 1.43 bits per heavy atom. The van der Waals surface area contributed by atoms with Crippen molar-refractivity contribution < 1.29 is 9.13 Å². The van der Waals surface area contributed by atoms with Crippen molar-refractivity contribution in [3.8, 4) is 0 Å². The molecule has 0 bridgehead atoms. The van der Waals surface area contributed by atoms with Crippen LogP contribution in [0.1, 0.15) is 11.7 Å². The van der Waals surface area contributed by atoms with Crippen molar-refractivity contribution in [3.05, 3.63) is 63.3 Å². The Bertz CT molecular complexity index is 737. The Kier molecular flexibility index (Phi) is 5.05. The number of rotatable bonds is 3. The molecule has 5 nitrogen and oxygen atoms in total. The highest BCUT2D eigenvalue weighted by molar-refractivity contribution is 6.30. The molecule has 0 spiro atoms. The maximum Gasteiger partial charge on any atom is 0.266 e. The average molecular weight is 338 g/mol. The Balaban J connectivity index is 1.89. The van der Waals surface area contributed by atoms with Crippen LogP contribution in [0, 0.1) is 11.7 Å². The first kappa shape index (κ1) is 16.1. The van der Waals surface area contributed by atoms with Crippen LogP contribution in [0.15, 0.2) is 41.3 Å². The number of hydrogen-bond donors (Lipinski definition) is 1. The molecule has 2 aromatic rings. The molecule has 1 aliphatic rings. The topological polar surface area (TPSA) is 56.2 Å². The van der Waals surface area contributed by atoms with E-state index in [1.54, 1.807) is 18.3 Å². The van der Waals surface area contributed by atoms with Crippen LogP contribution in [0.25, 0.3) is 0 Å². The minimum absolute atomic E-state index is 0.0503. The van der Waals surface area contributed by atoms with Crippen LogP contribution in [-0.2, 0) is 11.3 Å². The van der Waals surface area contributed by atoms with Crippen LogP contribution in [0.4, 0.5) is 4.39 Å². The van der Waals surface area contributed by atoms with Crippen molar-refractivity contribution >= 4 is 11.6 Å². The predicted octanol–water partition coefficient (Wildman–Crippen LogP) is 2.01. The van der Waals surface area contributed by atoms with Crippen LogP contribution < -0.4 is 10.9 Å². The van der Waals surface area contributed by atoms with Gasteiger partial charge in [0.25, 0.3) is 5.56 Å². The molecule has 0 amide bonds. The van der Waals surface area contributed by atoms with Crippen LogP contribution in [0.5, 0.6) is 0 Å². The van der Waals surface area contributed by atoms with Crippen molar-refractivity contribution in [1.29, 1.82) is 0 Å². The maximum absolute atomic E-state index is 13.8. The smallest absolute Gasteiger partial charge is 0.266 e. The fraction of sp³-hybridized carbons (Fsp3) is 0.375. The van der Waals surface area contributed by atoms with Gasteiger partial charge in [-0.3, -0.25) is 4.79 Å². The minimum atomic E-state index is -0.473. The quantitative estimate of drug-likeness (QED) is 0.931. The molecule has 0 radical (unpaired) electrons. The summed E-state index contributed by atoms with van der Waals surface area (Å²) in [5.41, 5.74) is 0.544. The molecule has 7 heteroatoms. The van der Waals surface area contributed by atoms with Crippen LogP contribution >= 0.6 is 11.6 Å². The fourth-order valence-corrected chi connectivity index (χ4v) is 2.87. The van der Waals surface area contributed by atoms with Gasteiger partial charge in [0, 0.05) is 31.3 Å². The molecule has 1 fully saturated rings. The van der Waals surface area contributed by atoms with Crippen molar-refractivity contribution in [1.82, 2.24) is 15.1 Å². The molecule has 2 atom stereocenters. The lowest BCUT2D eigenvalue weighted by atomic mass is 9.95. The molecule has 2 heterocycles. The molecule has 1 aromatic heterocycles. The Labute approximate surface area is 138 Å². The first-order valence-electron chi connectivity index (χ1n) is 7.44. The normalized spacial score (nSPS) is 21.8. The third kappa shape index (κ3) is 3.77. The van der Waals surface area contributed by atoms with Gasteiger partial charge in [0.1, 0.15) is 5.82 Å². The first-order valence-corrected chi connectivity index (χ1v) is 7.82. The SMILES string of the molecule is O=c1cccnn1C[C@@H]1CNCCO[C@H]1c1ccc(Cl)c(F)c1. The van der Waals surface area contributed by atoms with Crippen molar-refractivity contribution in [2.45, 2.75) is 12.6 Å². The summed E-state index contributed by atoms with van der Waals surface area (Å²) in [6, 6.07) is 7.75. The predicted molar refractivity (Wildman–Crippen MR) is 85.0 cm³/mol. The van der Waals surface area contributed by atoms with E-state index in [-0.39, 0.29) is 22.6 Å². The molecule has 0 saturated carbocycles. The summed E-state index contributed by atoms with van der Waals surface area (Å²) in [5.74, 6) is -0.524. The van der Waals surface area contributed by atoms with Gasteiger partial charge in [-0.25, -0.2) is 9.07 Å². The molecule has 122 valence electrons. The van der Waals surface area contributed by atoms with E-state index in [1.165, 1.54) is 22.9 Å². The molecule has 1 saturated heterocycles. The highest BCUT2D eigenvalue weighted by Crippen LogP contribution is 2.30. The Morgan fingerprint density at radius 3 is 3.09 bits per heavy atom. The number of halogens is 2. The summed E-state index contributed by atoms with van der Waals surface area (Å²) in [7, 11) is 0. The Morgan fingerprint density at radius 2 is 2.30 bits per heavy atom. The largest absolute Gasteiger partial charge is 0.372 e. The second-order valence-electron chi connectivity index (χ2n) is 5.47. The van der Waals surface area contributed by atoms with E-state index in [0.29, 0.717) is 31.8 Å². The zero-order chi connectivity index (χ0) is 16.2. The highest BCUT2D eigenvalue weighted by Gasteiger charge is 2.27. The van der Waals surface area contributed by atoms with Gasteiger partial charge in [-0.15, -0.1) is 0 Å². The van der Waals surface area contributed by atoms with E-state index < -0.39 is 5.82 Å². The maximum atomic E-state index is 13.8. The van der Waals surface area contributed by atoms with Crippen LogP contribution in [0.2, 0.25) is 5.02 Å². The van der Waals surface area contributed by atoms with Crippen molar-refractivity contribution in [2.75, 3.05) is 19.7 Å². The average Bonchev–Trinajstić information content (AvgIpc) is 2.78. The molecule has 3 rings (SSSR count). The van der Waals surface area contributed by atoms with Crippen molar-refractivity contribution in [3.63, 3.8) is 0 Å². The van der Waals surface area contributed by atoms with Crippen molar-refractivity contribution in [2.24, 2.45) is 5.92 Å². The lowest BCUT2D eigenvalue weighted by molar-refractivity contribution is 0.0236. The van der Waals surface area contributed by atoms with Crippen LogP contribution in [-0.4, -0.2) is 29.5 Å². The van der Waals surface area contributed by atoms with E-state index in [9.17, 15) is 9.18 Å². The molecule has 1 aromatic carbocycles. The molecule has 0 aliphatic carbocycles. The van der Waals surface area contributed by atoms with Gasteiger partial charge < -0.3 is 10.1 Å². The number of ether oxygens (including phenoxy) is 1. The molecule has 1 aliphatic heterocycles. The highest BCUT2D eigenvalue weighted by atomic mass is 35.5. The molecule has 0 unspecified atom stereocenters. The van der Waals surface area contributed by atoms with Gasteiger partial charge in [0.15, 0.2) is 0 Å². The van der Waals surface area contributed by atoms with Gasteiger partial charge in [-0.1, -0.05) is 17.7 Å². The second kappa shape index (κ2) is 7.21. The number of nitrogens with one attached hydrogen (secondary N) is 1. The van der Waals surface area contributed by atoms with E-state index in [4.69, 9.17) is 16.3 Å². The second-order valence-corrected chi connectivity index (χ2v) is 5.88. The lowest BCUT2D eigenvalue weighted by Gasteiger charge is -2.25. The zero-order valence-corrected chi connectivity index (χ0v) is 13.2. The molecule has 1 N–H and O–H groups in total. The van der Waals surface area contributed by atoms with Crippen LogP contribution in [0.3, 0.4) is 0 Å².